The number of benzene rings is 2. The minimum absolute atomic E-state index is 0.295. The number of amides is 1. The maximum absolute atomic E-state index is 11.9. The monoisotopic (exact) mass is 357 g/mol. The Hall–Kier alpha value is -1.98. The van der Waals surface area contributed by atoms with Gasteiger partial charge in [-0.05, 0) is 62.1 Å². The molecule has 0 radical (unpaired) electrons. The molecule has 132 valence electrons. The summed E-state index contributed by atoms with van der Waals surface area (Å²) in [5.74, 6) is 1.36. The highest BCUT2D eigenvalue weighted by molar-refractivity contribution is 8.13. The summed E-state index contributed by atoms with van der Waals surface area (Å²) in [6.45, 7) is 4.35. The van der Waals surface area contributed by atoms with Crippen LogP contribution in [-0.4, -0.2) is 16.7 Å². The van der Waals surface area contributed by atoms with Gasteiger partial charge in [-0.1, -0.05) is 41.6 Å². The third-order valence-corrected chi connectivity index (χ3v) is 4.97. The van der Waals surface area contributed by atoms with Crippen molar-refractivity contribution in [3.05, 3.63) is 58.7 Å². The van der Waals surface area contributed by atoms with Crippen LogP contribution in [0.4, 0.5) is 10.5 Å². The zero-order valence-electron chi connectivity index (χ0n) is 14.8. The van der Waals surface area contributed by atoms with Crippen LogP contribution in [0.15, 0.2) is 36.4 Å². The number of hydrogen-bond donors (Lipinski definition) is 1. The average molecular weight is 357 g/mol. The first-order chi connectivity index (χ1) is 12.0. The number of carbonyl (C=O) groups excluding carboxylic acids is 1. The van der Waals surface area contributed by atoms with Gasteiger partial charge in [0.1, 0.15) is 12.4 Å². The van der Waals surface area contributed by atoms with Crippen molar-refractivity contribution in [2.24, 2.45) is 0 Å². The Morgan fingerprint density at radius 1 is 1.24 bits per heavy atom. The van der Waals surface area contributed by atoms with Gasteiger partial charge in [0.25, 0.3) is 0 Å². The van der Waals surface area contributed by atoms with E-state index in [0.717, 1.165) is 33.7 Å². The molecule has 1 aliphatic carbocycles. The molecule has 5 heteroatoms. The smallest absolute Gasteiger partial charge is 0.309 e. The Kier molecular flexibility index (Phi) is 5.35. The van der Waals surface area contributed by atoms with Crippen molar-refractivity contribution in [1.29, 1.82) is 0 Å². The van der Waals surface area contributed by atoms with E-state index < -0.39 is 5.24 Å². The summed E-state index contributed by atoms with van der Waals surface area (Å²) in [7, 11) is 0. The number of rotatable bonds is 5. The topological polar surface area (TPSA) is 49.8 Å². The van der Waals surface area contributed by atoms with E-state index in [-0.39, 0.29) is 0 Å². The molecule has 0 spiro atoms. The van der Waals surface area contributed by atoms with Crippen LogP contribution in [0, 0.1) is 13.8 Å². The molecule has 2 aromatic carbocycles. The van der Waals surface area contributed by atoms with Gasteiger partial charge in [0.15, 0.2) is 0 Å². The first-order valence-electron chi connectivity index (χ1n) is 8.39. The molecular weight excluding hydrogens is 334 g/mol. The number of anilines is 1. The van der Waals surface area contributed by atoms with Crippen molar-refractivity contribution in [2.75, 3.05) is 11.3 Å². The number of hydrogen-bond acceptors (Lipinski definition) is 4. The van der Waals surface area contributed by atoms with Gasteiger partial charge in [-0.25, -0.2) is 0 Å². The van der Waals surface area contributed by atoms with Crippen molar-refractivity contribution in [1.82, 2.24) is 0 Å². The van der Waals surface area contributed by atoms with E-state index in [1.165, 1.54) is 24.0 Å². The molecule has 1 N–H and O–H groups in total. The Morgan fingerprint density at radius 3 is 2.64 bits per heavy atom. The molecule has 3 rings (SSSR count). The molecule has 0 heterocycles. The largest absolute Gasteiger partial charge is 0.489 e. The second-order valence-electron chi connectivity index (χ2n) is 6.50. The zero-order valence-corrected chi connectivity index (χ0v) is 15.6. The van der Waals surface area contributed by atoms with Crippen LogP contribution in [0.5, 0.6) is 5.75 Å². The Balaban J connectivity index is 1.85. The van der Waals surface area contributed by atoms with E-state index >= 15 is 0 Å². The fraction of sp³-hybridized carbons (Fsp3) is 0.350. The summed E-state index contributed by atoms with van der Waals surface area (Å²) in [5.41, 5.74) is 4.71. The molecule has 0 bridgehead atoms. The molecule has 0 aliphatic heterocycles. The van der Waals surface area contributed by atoms with Gasteiger partial charge in [-0.2, -0.15) is 5.06 Å². The second-order valence-corrected chi connectivity index (χ2v) is 7.26. The van der Waals surface area contributed by atoms with Crippen molar-refractivity contribution in [3.8, 4) is 5.75 Å². The molecule has 1 fully saturated rings. The van der Waals surface area contributed by atoms with Crippen LogP contribution in [0.2, 0.25) is 0 Å². The lowest BCUT2D eigenvalue weighted by atomic mass is 10.1. The predicted molar refractivity (Wildman–Crippen MR) is 102 cm³/mol. The van der Waals surface area contributed by atoms with Gasteiger partial charge in [0.05, 0.1) is 5.69 Å². The first-order valence-corrected chi connectivity index (χ1v) is 9.62. The quantitative estimate of drug-likeness (QED) is 0.572. The predicted octanol–water partition coefficient (Wildman–Crippen LogP) is 5.44. The number of ether oxygens (including phenoxy) is 1. The lowest BCUT2D eigenvalue weighted by Crippen LogP contribution is -2.24. The highest BCUT2D eigenvalue weighted by atomic mass is 32.2. The van der Waals surface area contributed by atoms with E-state index in [2.05, 4.69) is 12.1 Å². The molecule has 4 nitrogen and oxygen atoms in total. The normalized spacial score (nSPS) is 13.6. The van der Waals surface area contributed by atoms with Crippen molar-refractivity contribution in [2.45, 2.75) is 39.2 Å². The third-order valence-electron chi connectivity index (χ3n) is 4.45. The average Bonchev–Trinajstić information content (AvgIpc) is 3.44. The van der Waals surface area contributed by atoms with E-state index in [1.54, 1.807) is 6.26 Å². The molecule has 0 unspecified atom stereocenters. The summed E-state index contributed by atoms with van der Waals surface area (Å²) < 4.78 is 5.94. The molecule has 1 aliphatic rings. The van der Waals surface area contributed by atoms with Crippen molar-refractivity contribution >= 4 is 22.7 Å². The number of thioether (sulfide) groups is 1. The Bertz CT molecular complexity index is 787. The SMILES string of the molecule is CSC(=O)N(O)c1cc(C2CC2)ccc1COc1ccc(C)cc1C. The summed E-state index contributed by atoms with van der Waals surface area (Å²) >= 11 is 0.981. The third kappa shape index (κ3) is 4.17. The van der Waals surface area contributed by atoms with Gasteiger partial charge in [-0.15, -0.1) is 0 Å². The van der Waals surface area contributed by atoms with E-state index in [9.17, 15) is 10.0 Å². The van der Waals surface area contributed by atoms with E-state index in [1.807, 2.05) is 38.1 Å². The summed E-state index contributed by atoms with van der Waals surface area (Å²) in [4.78, 5) is 11.9. The van der Waals surface area contributed by atoms with Crippen LogP contribution in [0.1, 0.15) is 41.0 Å². The van der Waals surface area contributed by atoms with Crippen LogP contribution in [0.25, 0.3) is 0 Å². The van der Waals surface area contributed by atoms with Crippen LogP contribution in [0.3, 0.4) is 0 Å². The molecule has 2 aromatic rings. The molecule has 1 amide bonds. The molecule has 1 saturated carbocycles. The van der Waals surface area contributed by atoms with Crippen LogP contribution in [-0.2, 0) is 6.61 Å². The molecule has 25 heavy (non-hydrogen) atoms. The summed E-state index contributed by atoms with van der Waals surface area (Å²) in [6, 6.07) is 12.0. The molecular formula is C20H23NO3S. The van der Waals surface area contributed by atoms with Gasteiger partial charge >= 0.3 is 5.24 Å². The second kappa shape index (κ2) is 7.50. The fourth-order valence-corrected chi connectivity index (χ4v) is 3.14. The van der Waals surface area contributed by atoms with Crippen LogP contribution >= 0.6 is 11.8 Å². The number of aryl methyl sites for hydroxylation is 2. The van der Waals surface area contributed by atoms with Gasteiger partial charge < -0.3 is 4.74 Å². The molecule has 0 saturated heterocycles. The lowest BCUT2D eigenvalue weighted by Gasteiger charge is -2.19. The molecule has 0 atom stereocenters. The van der Waals surface area contributed by atoms with Crippen molar-refractivity contribution in [3.63, 3.8) is 0 Å². The van der Waals surface area contributed by atoms with E-state index in [4.69, 9.17) is 4.74 Å². The van der Waals surface area contributed by atoms with Gasteiger partial charge in [0.2, 0.25) is 0 Å². The standard InChI is InChI=1S/C20H23NO3S/c1-13-4-9-19(14(2)10-13)24-12-17-8-7-16(15-5-6-15)11-18(17)21(23)20(22)25-3/h4,7-11,15,23H,5-6,12H2,1-3H3. The van der Waals surface area contributed by atoms with Gasteiger partial charge in [-0.3, -0.25) is 10.0 Å². The zero-order chi connectivity index (χ0) is 18.0. The maximum atomic E-state index is 11.9. The Morgan fingerprint density at radius 2 is 2.00 bits per heavy atom. The van der Waals surface area contributed by atoms with E-state index in [0.29, 0.717) is 18.2 Å². The maximum Gasteiger partial charge on any atom is 0.309 e. The minimum atomic E-state index is -0.402. The summed E-state index contributed by atoms with van der Waals surface area (Å²) in [5, 5.41) is 10.6. The molecule has 0 aromatic heterocycles. The van der Waals surface area contributed by atoms with Crippen LogP contribution < -0.4 is 9.80 Å². The van der Waals surface area contributed by atoms with Crippen molar-refractivity contribution < 1.29 is 14.7 Å². The van der Waals surface area contributed by atoms with Gasteiger partial charge in [0, 0.05) is 5.56 Å². The highest BCUT2D eigenvalue weighted by Gasteiger charge is 2.26. The lowest BCUT2D eigenvalue weighted by molar-refractivity contribution is 0.223. The minimum Gasteiger partial charge on any atom is -0.489 e. The highest BCUT2D eigenvalue weighted by Crippen LogP contribution is 2.42. The number of nitrogens with zero attached hydrogens (tertiary/aromatic N) is 1. The summed E-state index contributed by atoms with van der Waals surface area (Å²) in [6.07, 6.45) is 3.99. The number of hydroxylamine groups is 1. The fourth-order valence-electron chi connectivity index (χ4n) is 2.87. The number of carbonyl (C=O) groups is 1. The first kappa shape index (κ1) is 17.8. The Labute approximate surface area is 152 Å².